The average Bonchev–Trinajstić information content (AvgIpc) is 3.01. The van der Waals surface area contributed by atoms with E-state index in [1.807, 2.05) is 36.7 Å². The molecule has 3 aromatic rings. The van der Waals surface area contributed by atoms with Crippen molar-refractivity contribution in [2.75, 3.05) is 31.1 Å². The SMILES string of the molecule is Cc1cccc2c1nc(CNCCN(C)S(=O)(=O)c1ccc(NS(C)(=O)=O)cc1)n2C. The number of fused-ring (bicyclic) bond motifs is 1. The highest BCUT2D eigenvalue weighted by molar-refractivity contribution is 7.92. The maximum Gasteiger partial charge on any atom is 0.242 e. The molecule has 1 aromatic heterocycles. The first kappa shape index (κ1) is 23.2. The first-order chi connectivity index (χ1) is 14.5. The number of nitrogens with one attached hydrogen (secondary N) is 2. The number of anilines is 1. The lowest BCUT2D eigenvalue weighted by molar-refractivity contribution is 0.456. The van der Waals surface area contributed by atoms with Crippen LogP contribution in [0.2, 0.25) is 0 Å². The summed E-state index contributed by atoms with van der Waals surface area (Å²) in [5, 5.41) is 3.25. The number of imidazole rings is 1. The van der Waals surface area contributed by atoms with Gasteiger partial charge in [0.05, 0.1) is 28.7 Å². The molecule has 0 fully saturated rings. The molecular formula is C20H27N5O4S2. The van der Waals surface area contributed by atoms with Crippen LogP contribution in [0, 0.1) is 6.92 Å². The molecule has 0 saturated heterocycles. The van der Waals surface area contributed by atoms with E-state index < -0.39 is 20.0 Å². The lowest BCUT2D eigenvalue weighted by Gasteiger charge is -2.18. The van der Waals surface area contributed by atoms with Crippen LogP contribution in [-0.2, 0) is 33.6 Å². The summed E-state index contributed by atoms with van der Waals surface area (Å²) < 4.78 is 53.6. The van der Waals surface area contributed by atoms with Crippen LogP contribution in [-0.4, -0.2) is 57.1 Å². The molecule has 3 rings (SSSR count). The largest absolute Gasteiger partial charge is 0.330 e. The number of rotatable bonds is 9. The normalized spacial score (nSPS) is 12.5. The van der Waals surface area contributed by atoms with Gasteiger partial charge in [0.25, 0.3) is 0 Å². The van der Waals surface area contributed by atoms with Crippen molar-refractivity contribution in [2.45, 2.75) is 18.4 Å². The number of nitrogens with zero attached hydrogens (tertiary/aromatic N) is 3. The molecule has 0 atom stereocenters. The highest BCUT2D eigenvalue weighted by Crippen LogP contribution is 2.19. The van der Waals surface area contributed by atoms with E-state index in [4.69, 9.17) is 0 Å². The van der Waals surface area contributed by atoms with Gasteiger partial charge in [-0.05, 0) is 42.8 Å². The van der Waals surface area contributed by atoms with Gasteiger partial charge in [0, 0.05) is 32.9 Å². The summed E-state index contributed by atoms with van der Waals surface area (Å²) in [4.78, 5) is 4.78. The second kappa shape index (κ2) is 8.95. The number of aryl methyl sites for hydroxylation is 2. The summed E-state index contributed by atoms with van der Waals surface area (Å²) in [6.45, 7) is 3.26. The van der Waals surface area contributed by atoms with Gasteiger partial charge >= 0.3 is 0 Å². The molecule has 2 aromatic carbocycles. The Hall–Kier alpha value is -2.47. The fourth-order valence-electron chi connectivity index (χ4n) is 3.21. The number of sulfonamides is 2. The second-order valence-corrected chi connectivity index (χ2v) is 11.2. The Morgan fingerprint density at radius 3 is 2.35 bits per heavy atom. The van der Waals surface area contributed by atoms with Gasteiger partial charge in [-0.1, -0.05) is 12.1 Å². The first-order valence-corrected chi connectivity index (χ1v) is 13.0. The minimum absolute atomic E-state index is 0.0971. The Morgan fingerprint density at radius 1 is 1.06 bits per heavy atom. The van der Waals surface area contributed by atoms with Crippen molar-refractivity contribution in [3.63, 3.8) is 0 Å². The lowest BCUT2D eigenvalue weighted by atomic mass is 10.2. The zero-order chi connectivity index (χ0) is 22.8. The quantitative estimate of drug-likeness (QED) is 0.465. The van der Waals surface area contributed by atoms with Crippen LogP contribution in [0.5, 0.6) is 0 Å². The van der Waals surface area contributed by atoms with Crippen LogP contribution in [0.4, 0.5) is 5.69 Å². The van der Waals surface area contributed by atoms with E-state index in [0.717, 1.165) is 28.7 Å². The van der Waals surface area contributed by atoms with E-state index in [1.165, 1.54) is 35.6 Å². The smallest absolute Gasteiger partial charge is 0.242 e. The fourth-order valence-corrected chi connectivity index (χ4v) is 4.94. The number of para-hydroxylation sites is 1. The van der Waals surface area contributed by atoms with Crippen LogP contribution in [0.15, 0.2) is 47.4 Å². The zero-order valence-corrected chi connectivity index (χ0v) is 19.6. The van der Waals surface area contributed by atoms with Crippen molar-refractivity contribution >= 4 is 36.8 Å². The van der Waals surface area contributed by atoms with E-state index in [1.54, 1.807) is 0 Å². The predicted octanol–water partition coefficient (Wildman–Crippen LogP) is 1.66. The number of hydrogen-bond donors (Lipinski definition) is 2. The van der Waals surface area contributed by atoms with E-state index in [0.29, 0.717) is 18.8 Å². The van der Waals surface area contributed by atoms with Gasteiger partial charge in [-0.2, -0.15) is 4.31 Å². The van der Waals surface area contributed by atoms with Crippen molar-refractivity contribution in [3.05, 3.63) is 53.9 Å². The number of benzene rings is 2. The Morgan fingerprint density at radius 2 is 1.74 bits per heavy atom. The minimum Gasteiger partial charge on any atom is -0.330 e. The van der Waals surface area contributed by atoms with Gasteiger partial charge in [-0.15, -0.1) is 0 Å². The molecule has 11 heteroatoms. The number of likely N-dealkylation sites (N-methyl/N-ethyl adjacent to an activating group) is 1. The third-order valence-electron chi connectivity index (χ3n) is 4.96. The van der Waals surface area contributed by atoms with Crippen molar-refractivity contribution in [1.29, 1.82) is 0 Å². The van der Waals surface area contributed by atoms with Crippen molar-refractivity contribution in [2.24, 2.45) is 7.05 Å². The molecule has 0 saturated carbocycles. The molecule has 2 N–H and O–H groups in total. The molecular weight excluding hydrogens is 438 g/mol. The average molecular weight is 466 g/mol. The van der Waals surface area contributed by atoms with Crippen LogP contribution in [0.3, 0.4) is 0 Å². The monoisotopic (exact) mass is 465 g/mol. The molecule has 168 valence electrons. The van der Waals surface area contributed by atoms with Crippen LogP contribution in [0.1, 0.15) is 11.4 Å². The molecule has 0 radical (unpaired) electrons. The Kier molecular flexibility index (Phi) is 6.70. The van der Waals surface area contributed by atoms with E-state index in [2.05, 4.69) is 15.0 Å². The predicted molar refractivity (Wildman–Crippen MR) is 122 cm³/mol. The Balaban J connectivity index is 1.58. The molecule has 9 nitrogen and oxygen atoms in total. The molecule has 0 aliphatic carbocycles. The third kappa shape index (κ3) is 5.42. The molecule has 0 unspecified atom stereocenters. The molecule has 0 amide bonds. The summed E-state index contributed by atoms with van der Waals surface area (Å²) in [5.74, 6) is 0.878. The summed E-state index contributed by atoms with van der Waals surface area (Å²) >= 11 is 0. The highest BCUT2D eigenvalue weighted by Gasteiger charge is 2.20. The summed E-state index contributed by atoms with van der Waals surface area (Å²) in [5.41, 5.74) is 3.45. The maximum atomic E-state index is 12.7. The van der Waals surface area contributed by atoms with Gasteiger partial charge in [0.1, 0.15) is 5.82 Å². The van der Waals surface area contributed by atoms with Crippen molar-refractivity contribution < 1.29 is 16.8 Å². The van der Waals surface area contributed by atoms with Gasteiger partial charge < -0.3 is 9.88 Å². The standard InChI is InChI=1S/C20H27N5O4S2/c1-15-6-5-7-18-20(15)22-19(25(18)3)14-21-12-13-24(2)31(28,29)17-10-8-16(9-11-17)23-30(4,26)27/h5-11,21,23H,12-14H2,1-4H3. The minimum atomic E-state index is -3.68. The van der Waals surface area contributed by atoms with Crippen LogP contribution < -0.4 is 10.0 Å². The summed E-state index contributed by atoms with van der Waals surface area (Å²) in [6.07, 6.45) is 1.03. The topological polar surface area (TPSA) is 113 Å². The molecule has 0 aliphatic heterocycles. The first-order valence-electron chi connectivity index (χ1n) is 9.65. The van der Waals surface area contributed by atoms with Crippen molar-refractivity contribution in [1.82, 2.24) is 19.2 Å². The van der Waals surface area contributed by atoms with Gasteiger partial charge in [-0.3, -0.25) is 4.72 Å². The van der Waals surface area contributed by atoms with Gasteiger partial charge in [-0.25, -0.2) is 21.8 Å². The maximum absolute atomic E-state index is 12.7. The lowest BCUT2D eigenvalue weighted by Crippen LogP contribution is -2.34. The highest BCUT2D eigenvalue weighted by atomic mass is 32.2. The van der Waals surface area contributed by atoms with E-state index in [-0.39, 0.29) is 11.4 Å². The summed E-state index contributed by atoms with van der Waals surface area (Å²) in [6, 6.07) is 11.7. The summed E-state index contributed by atoms with van der Waals surface area (Å²) in [7, 11) is -3.63. The van der Waals surface area contributed by atoms with Crippen molar-refractivity contribution in [3.8, 4) is 0 Å². The second-order valence-electron chi connectivity index (χ2n) is 7.43. The van der Waals surface area contributed by atoms with Crippen LogP contribution in [0.25, 0.3) is 11.0 Å². The Bertz CT molecular complexity index is 1280. The van der Waals surface area contributed by atoms with Gasteiger partial charge in [0.15, 0.2) is 0 Å². The molecule has 0 aliphatic rings. The number of hydrogen-bond acceptors (Lipinski definition) is 6. The fraction of sp³-hybridized carbons (Fsp3) is 0.350. The molecule has 0 spiro atoms. The van der Waals surface area contributed by atoms with E-state index >= 15 is 0 Å². The van der Waals surface area contributed by atoms with Crippen LogP contribution >= 0.6 is 0 Å². The molecule has 1 heterocycles. The zero-order valence-electron chi connectivity index (χ0n) is 18.0. The van der Waals surface area contributed by atoms with Gasteiger partial charge in [0.2, 0.25) is 20.0 Å². The van der Waals surface area contributed by atoms with E-state index in [9.17, 15) is 16.8 Å². The third-order valence-corrected chi connectivity index (χ3v) is 7.44. The Labute approximate surface area is 183 Å². The number of aromatic nitrogens is 2. The molecule has 31 heavy (non-hydrogen) atoms. The molecule has 0 bridgehead atoms.